The summed E-state index contributed by atoms with van der Waals surface area (Å²) in [6, 6.07) is 14.7. The molecule has 0 heterocycles. The molecular formula is C23H31NO3. The summed E-state index contributed by atoms with van der Waals surface area (Å²) < 4.78 is 11.5. The molecule has 4 nitrogen and oxygen atoms in total. The summed E-state index contributed by atoms with van der Waals surface area (Å²) in [6.45, 7) is 7.03. The number of anilines is 1. The van der Waals surface area contributed by atoms with Crippen molar-refractivity contribution in [3.8, 4) is 11.5 Å². The molecule has 1 unspecified atom stereocenters. The summed E-state index contributed by atoms with van der Waals surface area (Å²) in [5.41, 5.74) is 1.35. The van der Waals surface area contributed by atoms with Gasteiger partial charge in [-0.25, -0.2) is 0 Å². The van der Waals surface area contributed by atoms with Crippen molar-refractivity contribution in [3.63, 3.8) is 0 Å². The maximum absolute atomic E-state index is 12.4. The third-order valence-corrected chi connectivity index (χ3v) is 4.41. The number of hydrogen-bond acceptors (Lipinski definition) is 3. The maximum Gasteiger partial charge on any atom is 0.255 e. The number of rotatable bonds is 11. The second-order valence-corrected chi connectivity index (χ2v) is 6.75. The van der Waals surface area contributed by atoms with E-state index in [4.69, 9.17) is 9.47 Å². The summed E-state index contributed by atoms with van der Waals surface area (Å²) in [6.07, 6.45) is 5.85. The van der Waals surface area contributed by atoms with Gasteiger partial charge in [0.2, 0.25) is 0 Å². The Balaban J connectivity index is 1.83. The minimum absolute atomic E-state index is 0.139. The van der Waals surface area contributed by atoms with E-state index in [1.54, 1.807) is 12.1 Å². The number of carbonyl (C=O) groups excluding carboxylic acids is 1. The van der Waals surface area contributed by atoms with Crippen molar-refractivity contribution < 1.29 is 14.3 Å². The molecule has 0 bridgehead atoms. The molecule has 1 amide bonds. The highest BCUT2D eigenvalue weighted by Crippen LogP contribution is 2.19. The van der Waals surface area contributed by atoms with Gasteiger partial charge in [0.1, 0.15) is 11.5 Å². The van der Waals surface area contributed by atoms with Crippen molar-refractivity contribution >= 4 is 11.6 Å². The van der Waals surface area contributed by atoms with Gasteiger partial charge in [-0.3, -0.25) is 4.79 Å². The van der Waals surface area contributed by atoms with Crippen LogP contribution in [0.5, 0.6) is 11.5 Å². The number of benzene rings is 2. The highest BCUT2D eigenvalue weighted by atomic mass is 16.5. The maximum atomic E-state index is 12.4. The Kier molecular flexibility index (Phi) is 8.69. The highest BCUT2D eigenvalue weighted by molar-refractivity contribution is 6.04. The van der Waals surface area contributed by atoms with Crippen LogP contribution in [0.3, 0.4) is 0 Å². The number of hydrogen-bond donors (Lipinski definition) is 1. The van der Waals surface area contributed by atoms with Crippen LogP contribution in [0.2, 0.25) is 0 Å². The van der Waals surface area contributed by atoms with Crippen LogP contribution >= 0.6 is 0 Å². The van der Waals surface area contributed by atoms with Gasteiger partial charge in [-0.2, -0.15) is 0 Å². The molecule has 1 atom stereocenters. The third kappa shape index (κ3) is 7.33. The Bertz CT molecular complexity index is 680. The molecule has 0 aliphatic heterocycles. The van der Waals surface area contributed by atoms with E-state index in [9.17, 15) is 4.79 Å². The molecule has 0 aliphatic rings. The molecule has 0 aromatic heterocycles. The fraction of sp³-hybridized carbons (Fsp3) is 0.435. The van der Waals surface area contributed by atoms with E-state index in [1.807, 2.05) is 43.3 Å². The minimum Gasteiger partial charge on any atom is -0.494 e. The van der Waals surface area contributed by atoms with Gasteiger partial charge in [0.15, 0.2) is 0 Å². The predicted molar refractivity (Wildman–Crippen MR) is 111 cm³/mol. The summed E-state index contributed by atoms with van der Waals surface area (Å²) in [5.74, 6) is 1.47. The molecule has 146 valence electrons. The van der Waals surface area contributed by atoms with E-state index in [0.29, 0.717) is 5.56 Å². The van der Waals surface area contributed by atoms with Crippen molar-refractivity contribution in [1.29, 1.82) is 0 Å². The number of unbranched alkanes of at least 4 members (excludes halogenated alkanes) is 3. The first kappa shape index (κ1) is 20.8. The van der Waals surface area contributed by atoms with Crippen LogP contribution in [0.1, 0.15) is 63.2 Å². The summed E-state index contributed by atoms with van der Waals surface area (Å²) in [7, 11) is 0. The lowest BCUT2D eigenvalue weighted by molar-refractivity contribution is 0.102. The molecule has 0 saturated carbocycles. The average molecular weight is 370 g/mol. The monoisotopic (exact) mass is 369 g/mol. The number of amides is 1. The molecule has 1 N–H and O–H groups in total. The van der Waals surface area contributed by atoms with E-state index < -0.39 is 0 Å². The molecule has 2 aromatic carbocycles. The lowest BCUT2D eigenvalue weighted by Gasteiger charge is -2.13. The van der Waals surface area contributed by atoms with Gasteiger partial charge < -0.3 is 14.8 Å². The van der Waals surface area contributed by atoms with Gasteiger partial charge in [-0.1, -0.05) is 33.1 Å². The molecular weight excluding hydrogens is 338 g/mol. The van der Waals surface area contributed by atoms with Gasteiger partial charge in [0.05, 0.1) is 12.7 Å². The van der Waals surface area contributed by atoms with E-state index in [-0.39, 0.29) is 12.0 Å². The van der Waals surface area contributed by atoms with Crippen LogP contribution in [0, 0.1) is 0 Å². The Labute approximate surface area is 162 Å². The zero-order chi connectivity index (χ0) is 19.5. The van der Waals surface area contributed by atoms with E-state index in [0.717, 1.165) is 36.6 Å². The van der Waals surface area contributed by atoms with Gasteiger partial charge in [-0.15, -0.1) is 0 Å². The molecule has 0 fully saturated rings. The molecule has 0 saturated heterocycles. The van der Waals surface area contributed by atoms with Crippen molar-refractivity contribution in [1.82, 2.24) is 0 Å². The normalized spacial score (nSPS) is 11.7. The largest absolute Gasteiger partial charge is 0.494 e. The second kappa shape index (κ2) is 11.3. The number of carbonyl (C=O) groups is 1. The van der Waals surface area contributed by atoms with Crippen molar-refractivity contribution in [2.45, 2.75) is 59.0 Å². The van der Waals surface area contributed by atoms with Crippen molar-refractivity contribution in [3.05, 3.63) is 54.1 Å². The molecule has 0 aliphatic carbocycles. The highest BCUT2D eigenvalue weighted by Gasteiger charge is 2.07. The van der Waals surface area contributed by atoms with Gasteiger partial charge in [0, 0.05) is 11.3 Å². The molecule has 4 heteroatoms. The second-order valence-electron chi connectivity index (χ2n) is 6.75. The SMILES string of the molecule is CCCCCCOc1ccc(C(=O)Nc2ccc(OC(C)CC)cc2)cc1. The number of ether oxygens (including phenoxy) is 2. The Morgan fingerprint density at radius 3 is 2.22 bits per heavy atom. The topological polar surface area (TPSA) is 47.6 Å². The predicted octanol–water partition coefficient (Wildman–Crippen LogP) is 6.08. The fourth-order valence-electron chi connectivity index (χ4n) is 2.56. The molecule has 2 aromatic rings. The lowest BCUT2D eigenvalue weighted by atomic mass is 10.2. The lowest BCUT2D eigenvalue weighted by Crippen LogP contribution is -2.12. The summed E-state index contributed by atoms with van der Waals surface area (Å²) in [5, 5.41) is 2.90. The first-order chi connectivity index (χ1) is 13.1. The van der Waals surface area contributed by atoms with Crippen molar-refractivity contribution in [2.75, 3.05) is 11.9 Å². The zero-order valence-electron chi connectivity index (χ0n) is 16.7. The Morgan fingerprint density at radius 1 is 0.926 bits per heavy atom. The first-order valence-electron chi connectivity index (χ1n) is 9.93. The Hall–Kier alpha value is -2.49. The van der Waals surface area contributed by atoms with E-state index in [1.165, 1.54) is 19.3 Å². The third-order valence-electron chi connectivity index (χ3n) is 4.41. The molecule has 0 spiro atoms. The van der Waals surface area contributed by atoms with E-state index >= 15 is 0 Å². The number of nitrogens with one attached hydrogen (secondary N) is 1. The molecule has 2 rings (SSSR count). The van der Waals surface area contributed by atoms with Gasteiger partial charge in [0.25, 0.3) is 5.91 Å². The van der Waals surface area contributed by atoms with E-state index in [2.05, 4.69) is 19.2 Å². The molecule has 0 radical (unpaired) electrons. The fourth-order valence-corrected chi connectivity index (χ4v) is 2.56. The standard InChI is InChI=1S/C23H31NO3/c1-4-6-7-8-17-26-21-13-9-19(10-14-21)23(25)24-20-11-15-22(16-12-20)27-18(3)5-2/h9-16,18H,4-8,17H2,1-3H3,(H,24,25). The average Bonchev–Trinajstić information content (AvgIpc) is 2.69. The minimum atomic E-state index is -0.139. The van der Waals surface area contributed by atoms with Crippen LogP contribution in [0.4, 0.5) is 5.69 Å². The van der Waals surface area contributed by atoms with Gasteiger partial charge in [-0.05, 0) is 68.3 Å². The quantitative estimate of drug-likeness (QED) is 0.489. The summed E-state index contributed by atoms with van der Waals surface area (Å²) >= 11 is 0. The Morgan fingerprint density at radius 2 is 1.59 bits per heavy atom. The van der Waals surface area contributed by atoms with Crippen LogP contribution in [-0.4, -0.2) is 18.6 Å². The van der Waals surface area contributed by atoms with Crippen LogP contribution in [0.15, 0.2) is 48.5 Å². The first-order valence-corrected chi connectivity index (χ1v) is 9.93. The summed E-state index contributed by atoms with van der Waals surface area (Å²) in [4.78, 5) is 12.4. The zero-order valence-corrected chi connectivity index (χ0v) is 16.7. The van der Waals surface area contributed by atoms with Crippen molar-refractivity contribution in [2.24, 2.45) is 0 Å². The molecule has 27 heavy (non-hydrogen) atoms. The van der Waals surface area contributed by atoms with Gasteiger partial charge >= 0.3 is 0 Å². The van der Waals surface area contributed by atoms with Crippen LogP contribution in [0.25, 0.3) is 0 Å². The van der Waals surface area contributed by atoms with Crippen LogP contribution in [-0.2, 0) is 0 Å². The van der Waals surface area contributed by atoms with Crippen LogP contribution < -0.4 is 14.8 Å². The smallest absolute Gasteiger partial charge is 0.255 e.